The Balaban J connectivity index is 3.33. The first-order chi connectivity index (χ1) is 11.1. The molecule has 3 nitrogen and oxygen atoms in total. The van der Waals surface area contributed by atoms with Crippen LogP contribution in [0.2, 0.25) is 0 Å². The molecule has 0 spiro atoms. The fourth-order valence-electron chi connectivity index (χ4n) is 2.86. The Hall–Kier alpha value is -0.560. The molecule has 2 atom stereocenters. The molecule has 0 saturated heterocycles. The van der Waals surface area contributed by atoms with Gasteiger partial charge in [-0.15, -0.1) is 6.42 Å². The lowest BCUT2D eigenvalue weighted by molar-refractivity contribution is 0.0664. The molecule has 0 aliphatic heterocycles. The van der Waals surface area contributed by atoms with Crippen LogP contribution in [0.5, 0.6) is 0 Å². The highest BCUT2D eigenvalue weighted by Gasteiger charge is 2.30. The predicted octanol–water partition coefficient (Wildman–Crippen LogP) is 4.15. The lowest BCUT2D eigenvalue weighted by atomic mass is 9.91. The Morgan fingerprint density at radius 3 is 1.61 bits per heavy atom. The quantitative estimate of drug-likeness (QED) is 0.295. The van der Waals surface area contributed by atoms with Crippen molar-refractivity contribution in [2.75, 3.05) is 6.61 Å². The zero-order chi connectivity index (χ0) is 17.4. The Kier molecular flexibility index (Phi) is 14.6. The van der Waals surface area contributed by atoms with Crippen LogP contribution in [0.15, 0.2) is 0 Å². The second-order valence-corrected chi connectivity index (χ2v) is 6.89. The molecular formula is C20H39NO2. The molecule has 0 bridgehead atoms. The Morgan fingerprint density at radius 1 is 0.870 bits per heavy atom. The molecule has 0 aromatic heterocycles. The van der Waals surface area contributed by atoms with Gasteiger partial charge in [-0.05, 0) is 6.42 Å². The maximum Gasteiger partial charge on any atom is 0.127 e. The van der Waals surface area contributed by atoms with Crippen molar-refractivity contribution in [2.45, 2.75) is 108 Å². The van der Waals surface area contributed by atoms with Gasteiger partial charge in [0.2, 0.25) is 0 Å². The van der Waals surface area contributed by atoms with Gasteiger partial charge in [0.05, 0.1) is 12.7 Å². The predicted molar refractivity (Wildman–Crippen MR) is 99.2 cm³/mol. The molecule has 3 heteroatoms. The molecule has 0 aliphatic rings. The van der Waals surface area contributed by atoms with Crippen LogP contribution in [0.25, 0.3) is 0 Å². The van der Waals surface area contributed by atoms with E-state index in [4.69, 9.17) is 17.3 Å². The number of aliphatic hydroxyl groups excluding tert-OH is 2. The second kappa shape index (κ2) is 15.0. The minimum absolute atomic E-state index is 0.372. The molecule has 0 saturated carbocycles. The van der Waals surface area contributed by atoms with Crippen LogP contribution in [0.4, 0.5) is 0 Å². The van der Waals surface area contributed by atoms with Crippen molar-refractivity contribution in [3.63, 3.8) is 0 Å². The van der Waals surface area contributed by atoms with Crippen molar-refractivity contribution in [2.24, 2.45) is 5.73 Å². The first kappa shape index (κ1) is 22.4. The lowest BCUT2D eigenvalue weighted by Crippen LogP contribution is -2.52. The van der Waals surface area contributed by atoms with Gasteiger partial charge in [-0.2, -0.15) is 0 Å². The van der Waals surface area contributed by atoms with Crippen molar-refractivity contribution >= 4 is 0 Å². The molecule has 0 aromatic carbocycles. The SMILES string of the molecule is C#CC(N)(CO)C(O)CCCCCCCCCCCCCCC. The van der Waals surface area contributed by atoms with Crippen LogP contribution in [-0.2, 0) is 0 Å². The topological polar surface area (TPSA) is 66.5 Å². The molecule has 0 rings (SSSR count). The first-order valence-electron chi connectivity index (χ1n) is 9.66. The Labute approximate surface area is 144 Å². The van der Waals surface area contributed by atoms with Gasteiger partial charge in [0.25, 0.3) is 0 Å². The van der Waals surface area contributed by atoms with Crippen molar-refractivity contribution in [1.82, 2.24) is 0 Å². The number of hydrogen-bond acceptors (Lipinski definition) is 3. The van der Waals surface area contributed by atoms with E-state index < -0.39 is 11.6 Å². The zero-order valence-electron chi connectivity index (χ0n) is 15.2. The van der Waals surface area contributed by atoms with Crippen LogP contribution < -0.4 is 5.73 Å². The molecular weight excluding hydrogens is 286 g/mol. The van der Waals surface area contributed by atoms with Crippen LogP contribution in [0.1, 0.15) is 96.8 Å². The van der Waals surface area contributed by atoms with Crippen LogP contribution in [-0.4, -0.2) is 28.5 Å². The molecule has 2 unspecified atom stereocenters. The van der Waals surface area contributed by atoms with E-state index in [1.54, 1.807) is 0 Å². The van der Waals surface area contributed by atoms with Gasteiger partial charge in [0, 0.05) is 0 Å². The average molecular weight is 326 g/mol. The minimum Gasteiger partial charge on any atom is -0.393 e. The molecule has 0 radical (unpaired) electrons. The van der Waals surface area contributed by atoms with E-state index in [2.05, 4.69) is 12.8 Å². The molecule has 136 valence electrons. The summed E-state index contributed by atoms with van der Waals surface area (Å²) >= 11 is 0. The van der Waals surface area contributed by atoms with Gasteiger partial charge in [-0.1, -0.05) is 96.3 Å². The second-order valence-electron chi connectivity index (χ2n) is 6.89. The maximum atomic E-state index is 9.92. The largest absolute Gasteiger partial charge is 0.393 e. The Bertz CT molecular complexity index is 301. The summed E-state index contributed by atoms with van der Waals surface area (Å²) < 4.78 is 0. The molecule has 0 aliphatic carbocycles. The van der Waals surface area contributed by atoms with Crippen molar-refractivity contribution < 1.29 is 10.2 Å². The minimum atomic E-state index is -1.28. The third kappa shape index (κ3) is 11.6. The molecule has 0 fully saturated rings. The van der Waals surface area contributed by atoms with Gasteiger partial charge in [-0.3, -0.25) is 0 Å². The highest BCUT2D eigenvalue weighted by atomic mass is 16.3. The van der Waals surface area contributed by atoms with Gasteiger partial charge in [0.15, 0.2) is 0 Å². The zero-order valence-corrected chi connectivity index (χ0v) is 15.2. The molecule has 0 aromatic rings. The highest BCUT2D eigenvalue weighted by molar-refractivity contribution is 5.14. The summed E-state index contributed by atoms with van der Waals surface area (Å²) in [5.41, 5.74) is 4.47. The van der Waals surface area contributed by atoms with Gasteiger partial charge >= 0.3 is 0 Å². The normalized spacial score (nSPS) is 15.1. The summed E-state index contributed by atoms with van der Waals surface area (Å²) in [5, 5.41) is 19.0. The average Bonchev–Trinajstić information content (AvgIpc) is 2.58. The molecule has 0 heterocycles. The number of unbranched alkanes of at least 4 members (excludes halogenated alkanes) is 12. The summed E-state index contributed by atoms with van der Waals surface area (Å²) in [6, 6.07) is 0. The number of terminal acetylenes is 1. The van der Waals surface area contributed by atoms with E-state index in [1.165, 1.54) is 70.6 Å². The number of hydrogen-bond donors (Lipinski definition) is 3. The third-order valence-electron chi connectivity index (χ3n) is 4.71. The summed E-state index contributed by atoms with van der Waals surface area (Å²) in [5.74, 6) is 2.30. The number of rotatable bonds is 16. The van der Waals surface area contributed by atoms with E-state index in [0.717, 1.165) is 12.8 Å². The van der Waals surface area contributed by atoms with E-state index in [9.17, 15) is 5.11 Å². The van der Waals surface area contributed by atoms with Crippen molar-refractivity contribution in [3.8, 4) is 12.3 Å². The fourth-order valence-corrected chi connectivity index (χ4v) is 2.86. The lowest BCUT2D eigenvalue weighted by Gasteiger charge is -2.26. The standard InChI is InChI=1S/C20H39NO2/c1-3-5-6-7-8-9-10-11-12-13-14-15-16-17-19(23)20(21,4-2)18-22/h2,19,22-23H,3,5-18,21H2,1H3. The summed E-state index contributed by atoms with van der Waals surface area (Å²) in [6.45, 7) is 1.89. The van der Waals surface area contributed by atoms with Crippen LogP contribution in [0.3, 0.4) is 0 Å². The summed E-state index contributed by atoms with van der Waals surface area (Å²) in [6.07, 6.45) is 21.9. The highest BCUT2D eigenvalue weighted by Crippen LogP contribution is 2.16. The molecule has 4 N–H and O–H groups in total. The number of aliphatic hydroxyl groups is 2. The number of nitrogens with two attached hydrogens (primary N) is 1. The maximum absolute atomic E-state index is 9.92. The Morgan fingerprint density at radius 2 is 1.26 bits per heavy atom. The van der Waals surface area contributed by atoms with Gasteiger partial charge < -0.3 is 15.9 Å². The van der Waals surface area contributed by atoms with E-state index in [0.29, 0.717) is 6.42 Å². The van der Waals surface area contributed by atoms with E-state index in [1.807, 2.05) is 0 Å². The summed E-state index contributed by atoms with van der Waals surface area (Å²) in [4.78, 5) is 0. The first-order valence-corrected chi connectivity index (χ1v) is 9.66. The molecule has 23 heavy (non-hydrogen) atoms. The fraction of sp³-hybridized carbons (Fsp3) is 0.900. The van der Waals surface area contributed by atoms with Crippen LogP contribution in [0, 0.1) is 12.3 Å². The molecule has 0 amide bonds. The van der Waals surface area contributed by atoms with Crippen LogP contribution >= 0.6 is 0 Å². The monoisotopic (exact) mass is 325 g/mol. The van der Waals surface area contributed by atoms with Gasteiger partial charge in [0.1, 0.15) is 5.54 Å². The van der Waals surface area contributed by atoms with Crippen molar-refractivity contribution in [1.29, 1.82) is 0 Å². The smallest absolute Gasteiger partial charge is 0.127 e. The van der Waals surface area contributed by atoms with Crippen molar-refractivity contribution in [3.05, 3.63) is 0 Å². The third-order valence-corrected chi connectivity index (χ3v) is 4.71. The summed E-state index contributed by atoms with van der Waals surface area (Å²) in [7, 11) is 0. The van der Waals surface area contributed by atoms with E-state index >= 15 is 0 Å². The van der Waals surface area contributed by atoms with E-state index in [-0.39, 0.29) is 6.61 Å². The van der Waals surface area contributed by atoms with Gasteiger partial charge in [-0.25, -0.2) is 0 Å².